The normalized spacial score (nSPS) is 26.2. The van der Waals surface area contributed by atoms with E-state index in [2.05, 4.69) is 0 Å². The molecular formula is C14H12O5. The highest BCUT2D eigenvalue weighted by Crippen LogP contribution is 2.37. The molecule has 98 valence electrons. The number of carbonyl (C=O) groups is 2. The molecule has 0 unspecified atom stereocenters. The monoisotopic (exact) mass is 260 g/mol. The molecule has 0 aromatic heterocycles. The van der Waals surface area contributed by atoms with Crippen molar-refractivity contribution in [3.63, 3.8) is 0 Å². The first-order chi connectivity index (χ1) is 9.00. The van der Waals surface area contributed by atoms with Gasteiger partial charge in [-0.15, -0.1) is 0 Å². The molecule has 1 aliphatic carbocycles. The predicted molar refractivity (Wildman–Crippen MR) is 65.0 cm³/mol. The molecule has 0 fully saturated rings. The van der Waals surface area contributed by atoms with Gasteiger partial charge in [0.15, 0.2) is 17.9 Å². The Morgan fingerprint density at radius 2 is 2.00 bits per heavy atom. The van der Waals surface area contributed by atoms with Crippen molar-refractivity contribution in [3.8, 4) is 5.75 Å². The summed E-state index contributed by atoms with van der Waals surface area (Å²) in [4.78, 5) is 24.7. The number of aliphatic hydroxyl groups excluding tert-OH is 1. The second kappa shape index (κ2) is 4.01. The molecule has 0 saturated heterocycles. The van der Waals surface area contributed by atoms with Gasteiger partial charge in [-0.2, -0.15) is 0 Å². The van der Waals surface area contributed by atoms with Crippen LogP contribution in [0.15, 0.2) is 29.3 Å². The fraction of sp³-hybridized carbons (Fsp3) is 0.286. The van der Waals surface area contributed by atoms with Crippen LogP contribution in [-0.4, -0.2) is 34.2 Å². The Hall–Kier alpha value is -1.98. The number of Topliss-reactive ketones (excluding diaryl/α,β-unsaturated/α-hetero) is 2. The summed E-state index contributed by atoms with van der Waals surface area (Å²) in [5, 5.41) is 19.6. The lowest BCUT2D eigenvalue weighted by molar-refractivity contribution is -0.112. The van der Waals surface area contributed by atoms with Gasteiger partial charge >= 0.3 is 0 Å². The van der Waals surface area contributed by atoms with Gasteiger partial charge in [-0.05, 0) is 13.0 Å². The number of rotatable bonds is 0. The summed E-state index contributed by atoms with van der Waals surface area (Å²) in [6.45, 7) is 1.72. The fourth-order valence-corrected chi connectivity index (χ4v) is 2.61. The molecule has 0 radical (unpaired) electrons. The third-order valence-corrected chi connectivity index (χ3v) is 3.46. The summed E-state index contributed by atoms with van der Waals surface area (Å²) in [6.07, 6.45) is -1.46. The predicted octanol–water partition coefficient (Wildman–Crippen LogP) is 1.20. The van der Waals surface area contributed by atoms with E-state index in [0.717, 1.165) is 0 Å². The van der Waals surface area contributed by atoms with Gasteiger partial charge in [0.25, 0.3) is 0 Å². The van der Waals surface area contributed by atoms with Crippen molar-refractivity contribution >= 4 is 11.6 Å². The molecule has 5 nitrogen and oxygen atoms in total. The standard InChI is InChI=1S/C14H12O5/c1-6-5-8-11(14(18)19-6)13(17)10-7(12(8)16)3-2-4-9(10)15/h2-4,6,14-15,18H,5H2,1H3/t6-,14+/m0/s1. The molecule has 3 rings (SSSR count). The summed E-state index contributed by atoms with van der Waals surface area (Å²) in [5.74, 6) is -1.12. The van der Waals surface area contributed by atoms with Crippen molar-refractivity contribution < 1.29 is 24.5 Å². The molecule has 2 N–H and O–H groups in total. The summed E-state index contributed by atoms with van der Waals surface area (Å²) in [6, 6.07) is 4.36. The molecule has 1 aromatic rings. The highest BCUT2D eigenvalue weighted by Gasteiger charge is 2.40. The maximum Gasteiger partial charge on any atom is 0.198 e. The molecule has 5 heteroatoms. The molecule has 2 atom stereocenters. The zero-order chi connectivity index (χ0) is 13.7. The largest absolute Gasteiger partial charge is 0.507 e. The topological polar surface area (TPSA) is 83.8 Å². The number of hydrogen-bond acceptors (Lipinski definition) is 5. The molecule has 19 heavy (non-hydrogen) atoms. The first-order valence-electron chi connectivity index (χ1n) is 5.98. The number of phenolic OH excluding ortho intramolecular Hbond substituents is 1. The highest BCUT2D eigenvalue weighted by atomic mass is 16.6. The quantitative estimate of drug-likeness (QED) is 0.732. The number of aromatic hydroxyl groups is 1. The number of ether oxygens (including phenoxy) is 1. The molecule has 1 aromatic carbocycles. The van der Waals surface area contributed by atoms with E-state index < -0.39 is 12.1 Å². The van der Waals surface area contributed by atoms with Gasteiger partial charge in [0.2, 0.25) is 0 Å². The minimum Gasteiger partial charge on any atom is -0.507 e. The van der Waals surface area contributed by atoms with Crippen LogP contribution < -0.4 is 0 Å². The van der Waals surface area contributed by atoms with Crippen molar-refractivity contribution in [1.82, 2.24) is 0 Å². The van der Waals surface area contributed by atoms with Crippen LogP contribution in [0.2, 0.25) is 0 Å². The lowest BCUT2D eigenvalue weighted by Crippen LogP contribution is -2.37. The van der Waals surface area contributed by atoms with Gasteiger partial charge in [0.05, 0.1) is 17.2 Å². The number of carbonyl (C=O) groups excluding carboxylic acids is 2. The van der Waals surface area contributed by atoms with Crippen molar-refractivity contribution in [2.75, 3.05) is 0 Å². The van der Waals surface area contributed by atoms with E-state index in [1.165, 1.54) is 18.2 Å². The average Bonchev–Trinajstić information content (AvgIpc) is 2.34. The lowest BCUT2D eigenvalue weighted by Gasteiger charge is -2.31. The van der Waals surface area contributed by atoms with E-state index >= 15 is 0 Å². The summed E-state index contributed by atoms with van der Waals surface area (Å²) < 4.78 is 5.17. The van der Waals surface area contributed by atoms with Gasteiger partial charge in [-0.25, -0.2) is 0 Å². The maximum absolute atomic E-state index is 12.4. The molecule has 0 bridgehead atoms. The van der Waals surface area contributed by atoms with Gasteiger partial charge in [0.1, 0.15) is 5.75 Å². The Bertz CT molecular complexity index is 629. The van der Waals surface area contributed by atoms with E-state index in [-0.39, 0.29) is 46.3 Å². The zero-order valence-electron chi connectivity index (χ0n) is 10.2. The minimum atomic E-state index is -1.41. The number of phenols is 1. The smallest absolute Gasteiger partial charge is 0.198 e. The van der Waals surface area contributed by atoms with Gasteiger partial charge in [-0.1, -0.05) is 12.1 Å². The average molecular weight is 260 g/mol. The third kappa shape index (κ3) is 1.63. The SMILES string of the molecule is C[C@H]1CC2=C(C(=O)c3c(O)cccc3C2=O)[C@H](O)O1. The van der Waals surface area contributed by atoms with Gasteiger partial charge in [-0.3, -0.25) is 9.59 Å². The van der Waals surface area contributed by atoms with E-state index in [4.69, 9.17) is 4.74 Å². The first kappa shape index (κ1) is 12.1. The van der Waals surface area contributed by atoms with Crippen LogP contribution in [0.1, 0.15) is 34.1 Å². The van der Waals surface area contributed by atoms with Crippen LogP contribution in [0, 0.1) is 0 Å². The Morgan fingerprint density at radius 1 is 1.26 bits per heavy atom. The Morgan fingerprint density at radius 3 is 2.74 bits per heavy atom. The molecule has 1 aliphatic heterocycles. The van der Waals surface area contributed by atoms with Crippen LogP contribution in [0.25, 0.3) is 0 Å². The zero-order valence-corrected chi connectivity index (χ0v) is 10.2. The summed E-state index contributed by atoms with van der Waals surface area (Å²) >= 11 is 0. The number of ketones is 2. The van der Waals surface area contributed by atoms with Crippen molar-refractivity contribution in [1.29, 1.82) is 0 Å². The second-order valence-corrected chi connectivity index (χ2v) is 4.75. The van der Waals surface area contributed by atoms with Crippen LogP contribution in [0.5, 0.6) is 5.75 Å². The molecule has 0 amide bonds. The number of benzene rings is 1. The Kier molecular flexibility index (Phi) is 2.55. The van der Waals surface area contributed by atoms with Crippen LogP contribution in [0.4, 0.5) is 0 Å². The van der Waals surface area contributed by atoms with Crippen molar-refractivity contribution in [2.45, 2.75) is 25.7 Å². The van der Waals surface area contributed by atoms with E-state index in [1.54, 1.807) is 6.92 Å². The molecule has 2 aliphatic rings. The molecular weight excluding hydrogens is 248 g/mol. The Balaban J connectivity index is 2.24. The highest BCUT2D eigenvalue weighted by molar-refractivity contribution is 6.28. The fourth-order valence-electron chi connectivity index (χ4n) is 2.61. The van der Waals surface area contributed by atoms with E-state index in [1.807, 2.05) is 0 Å². The van der Waals surface area contributed by atoms with Crippen LogP contribution in [0.3, 0.4) is 0 Å². The van der Waals surface area contributed by atoms with E-state index in [9.17, 15) is 19.8 Å². The minimum absolute atomic E-state index is 0.0444. The van der Waals surface area contributed by atoms with E-state index in [0.29, 0.717) is 0 Å². The number of fused-ring (bicyclic) bond motifs is 1. The van der Waals surface area contributed by atoms with Crippen molar-refractivity contribution in [2.24, 2.45) is 0 Å². The maximum atomic E-state index is 12.4. The van der Waals surface area contributed by atoms with Crippen LogP contribution >= 0.6 is 0 Å². The first-order valence-corrected chi connectivity index (χ1v) is 5.98. The van der Waals surface area contributed by atoms with Crippen LogP contribution in [-0.2, 0) is 4.74 Å². The third-order valence-electron chi connectivity index (χ3n) is 3.46. The number of aliphatic hydroxyl groups is 1. The summed E-state index contributed by atoms with van der Waals surface area (Å²) in [7, 11) is 0. The Labute approximate surface area is 109 Å². The lowest BCUT2D eigenvalue weighted by atomic mass is 9.80. The number of hydrogen-bond donors (Lipinski definition) is 2. The van der Waals surface area contributed by atoms with Crippen molar-refractivity contribution in [3.05, 3.63) is 40.5 Å². The van der Waals surface area contributed by atoms with Gasteiger partial charge in [0, 0.05) is 17.6 Å². The molecule has 1 heterocycles. The summed E-state index contributed by atoms with van der Waals surface area (Å²) in [5.41, 5.74) is 0.375. The van der Waals surface area contributed by atoms with Gasteiger partial charge < -0.3 is 14.9 Å². The molecule has 0 spiro atoms. The molecule has 0 saturated carbocycles. The second-order valence-electron chi connectivity index (χ2n) is 4.75.